The van der Waals surface area contributed by atoms with Gasteiger partial charge < -0.3 is 4.57 Å². The van der Waals surface area contributed by atoms with Crippen LogP contribution in [0.25, 0.3) is 10.9 Å². The number of carbonyl (C=O) groups is 1. The number of para-hydroxylation sites is 1. The van der Waals surface area contributed by atoms with Crippen LogP contribution in [-0.2, 0) is 6.54 Å². The molecule has 1 aromatic heterocycles. The Balaban J connectivity index is 1.79. The van der Waals surface area contributed by atoms with Gasteiger partial charge in [0.2, 0.25) is 0 Å². The number of fused-ring (bicyclic) bond motifs is 1. The molecule has 3 rings (SSSR count). The van der Waals surface area contributed by atoms with E-state index >= 15 is 0 Å². The molecule has 0 atom stereocenters. The third-order valence-corrected chi connectivity index (χ3v) is 3.54. The Labute approximate surface area is 137 Å². The van der Waals surface area contributed by atoms with Crippen molar-refractivity contribution in [1.82, 2.24) is 9.99 Å². The molecule has 0 bridgehead atoms. The van der Waals surface area contributed by atoms with Gasteiger partial charge in [0.05, 0.1) is 12.3 Å². The number of hydrogen-bond acceptors (Lipinski definition) is 3. The highest BCUT2D eigenvalue weighted by Gasteiger charge is 2.07. The molecule has 118 valence electrons. The van der Waals surface area contributed by atoms with Gasteiger partial charge in [-0.2, -0.15) is 10.4 Å². The Bertz CT molecular complexity index is 951. The second-order valence-electron chi connectivity index (χ2n) is 5.09. The van der Waals surface area contributed by atoms with Crippen molar-refractivity contribution in [2.24, 2.45) is 5.10 Å². The highest BCUT2D eigenvalue weighted by Crippen LogP contribution is 2.19. The Morgan fingerprint density at radius 2 is 2.00 bits per heavy atom. The molecule has 0 aliphatic heterocycles. The van der Waals surface area contributed by atoms with E-state index in [4.69, 9.17) is 5.26 Å². The van der Waals surface area contributed by atoms with E-state index in [1.807, 2.05) is 28.8 Å². The average molecular weight is 320 g/mol. The monoisotopic (exact) mass is 320 g/mol. The molecule has 0 spiro atoms. The number of benzene rings is 2. The Morgan fingerprint density at radius 3 is 2.75 bits per heavy atom. The quantitative estimate of drug-likeness (QED) is 0.593. The molecule has 1 N–H and O–H groups in total. The van der Waals surface area contributed by atoms with Gasteiger partial charge in [-0.1, -0.05) is 18.2 Å². The first-order valence-electron chi connectivity index (χ1n) is 7.23. The predicted molar refractivity (Wildman–Crippen MR) is 89.0 cm³/mol. The Hall–Kier alpha value is -3.46. The standard InChI is InChI=1S/C18H13FN4O/c19-15-7-5-13(6-8-15)18(24)22-21-11-14-12-23(10-9-20)17-4-2-1-3-16(14)17/h1-8,11-12H,10H2,(H,22,24). The molecule has 0 aliphatic carbocycles. The van der Waals surface area contributed by atoms with E-state index in [9.17, 15) is 9.18 Å². The largest absolute Gasteiger partial charge is 0.333 e. The second-order valence-corrected chi connectivity index (χ2v) is 5.09. The van der Waals surface area contributed by atoms with E-state index in [1.54, 1.807) is 6.20 Å². The number of rotatable bonds is 4. The number of nitrogens with one attached hydrogen (secondary N) is 1. The van der Waals surface area contributed by atoms with Crippen molar-refractivity contribution < 1.29 is 9.18 Å². The number of amides is 1. The summed E-state index contributed by atoms with van der Waals surface area (Å²) in [5, 5.41) is 13.8. The molecule has 24 heavy (non-hydrogen) atoms. The maximum Gasteiger partial charge on any atom is 0.271 e. The molecule has 0 aliphatic rings. The van der Waals surface area contributed by atoms with Crippen molar-refractivity contribution in [2.45, 2.75) is 6.54 Å². The maximum absolute atomic E-state index is 12.9. The fourth-order valence-electron chi connectivity index (χ4n) is 2.41. The van der Waals surface area contributed by atoms with Crippen LogP contribution in [0.5, 0.6) is 0 Å². The molecule has 0 saturated heterocycles. The van der Waals surface area contributed by atoms with E-state index < -0.39 is 11.7 Å². The summed E-state index contributed by atoms with van der Waals surface area (Å²) in [5.41, 5.74) is 4.44. The minimum absolute atomic E-state index is 0.232. The van der Waals surface area contributed by atoms with Crippen LogP contribution in [0.3, 0.4) is 0 Å². The van der Waals surface area contributed by atoms with Crippen LogP contribution >= 0.6 is 0 Å². The highest BCUT2D eigenvalue weighted by molar-refractivity contribution is 6.00. The maximum atomic E-state index is 12.9. The fourth-order valence-corrected chi connectivity index (χ4v) is 2.41. The number of hydrazone groups is 1. The van der Waals surface area contributed by atoms with Crippen molar-refractivity contribution in [3.05, 3.63) is 71.7 Å². The van der Waals surface area contributed by atoms with Crippen molar-refractivity contribution in [3.63, 3.8) is 0 Å². The summed E-state index contributed by atoms with van der Waals surface area (Å²) in [4.78, 5) is 11.9. The van der Waals surface area contributed by atoms with Gasteiger partial charge in [-0.3, -0.25) is 4.79 Å². The minimum Gasteiger partial charge on any atom is -0.333 e. The predicted octanol–water partition coefficient (Wildman–Crippen LogP) is 3.07. The highest BCUT2D eigenvalue weighted by atomic mass is 19.1. The van der Waals surface area contributed by atoms with Gasteiger partial charge >= 0.3 is 0 Å². The van der Waals surface area contributed by atoms with E-state index in [0.717, 1.165) is 16.5 Å². The topological polar surface area (TPSA) is 70.2 Å². The number of hydrogen-bond donors (Lipinski definition) is 1. The summed E-state index contributed by atoms with van der Waals surface area (Å²) in [7, 11) is 0. The number of nitrogens with zero attached hydrogens (tertiary/aromatic N) is 3. The zero-order valence-electron chi connectivity index (χ0n) is 12.6. The smallest absolute Gasteiger partial charge is 0.271 e. The van der Waals surface area contributed by atoms with Crippen LogP contribution in [-0.4, -0.2) is 16.7 Å². The molecule has 1 amide bonds. The van der Waals surface area contributed by atoms with Gasteiger partial charge in [0, 0.05) is 28.2 Å². The molecule has 2 aromatic carbocycles. The van der Waals surface area contributed by atoms with Crippen LogP contribution in [0, 0.1) is 17.1 Å². The molecule has 0 unspecified atom stereocenters. The average Bonchev–Trinajstić information content (AvgIpc) is 2.94. The number of carbonyl (C=O) groups excluding carboxylic acids is 1. The lowest BCUT2D eigenvalue weighted by atomic mass is 10.2. The molecule has 5 nitrogen and oxygen atoms in total. The lowest BCUT2D eigenvalue weighted by molar-refractivity contribution is 0.0955. The van der Waals surface area contributed by atoms with Crippen molar-refractivity contribution in [1.29, 1.82) is 5.26 Å². The molecule has 6 heteroatoms. The zero-order valence-corrected chi connectivity index (χ0v) is 12.6. The first-order chi connectivity index (χ1) is 11.7. The first kappa shape index (κ1) is 15.4. The molecule has 0 radical (unpaired) electrons. The third-order valence-electron chi connectivity index (χ3n) is 3.54. The summed E-state index contributed by atoms with van der Waals surface area (Å²) >= 11 is 0. The zero-order chi connectivity index (χ0) is 16.9. The lowest BCUT2D eigenvalue weighted by Gasteiger charge is -1.99. The summed E-state index contributed by atoms with van der Waals surface area (Å²) in [6, 6.07) is 14.9. The van der Waals surface area contributed by atoms with Gasteiger partial charge in [0.25, 0.3) is 5.91 Å². The van der Waals surface area contributed by atoms with Gasteiger partial charge in [-0.05, 0) is 30.3 Å². The van der Waals surface area contributed by atoms with Crippen LogP contribution in [0.15, 0.2) is 59.8 Å². The summed E-state index contributed by atoms with van der Waals surface area (Å²) < 4.78 is 14.7. The molecule has 3 aromatic rings. The molecule has 0 saturated carbocycles. The number of halogens is 1. The third kappa shape index (κ3) is 3.15. The first-order valence-corrected chi connectivity index (χ1v) is 7.23. The van der Waals surface area contributed by atoms with Gasteiger partial charge in [0.15, 0.2) is 0 Å². The Morgan fingerprint density at radius 1 is 1.25 bits per heavy atom. The van der Waals surface area contributed by atoms with Crippen LogP contribution in [0.2, 0.25) is 0 Å². The molecule has 0 fully saturated rings. The van der Waals surface area contributed by atoms with E-state index in [2.05, 4.69) is 16.6 Å². The van der Waals surface area contributed by atoms with E-state index in [0.29, 0.717) is 5.56 Å². The van der Waals surface area contributed by atoms with Gasteiger partial charge in [-0.25, -0.2) is 9.82 Å². The fraction of sp³-hybridized carbons (Fsp3) is 0.0556. The Kier molecular flexibility index (Phi) is 4.34. The van der Waals surface area contributed by atoms with Crippen LogP contribution < -0.4 is 5.43 Å². The van der Waals surface area contributed by atoms with E-state index in [-0.39, 0.29) is 6.54 Å². The molecular formula is C18H13FN4O. The van der Waals surface area contributed by atoms with Crippen molar-refractivity contribution in [3.8, 4) is 6.07 Å². The van der Waals surface area contributed by atoms with Gasteiger partial charge in [0.1, 0.15) is 12.4 Å². The van der Waals surface area contributed by atoms with Crippen molar-refractivity contribution >= 4 is 23.0 Å². The van der Waals surface area contributed by atoms with E-state index in [1.165, 1.54) is 30.5 Å². The van der Waals surface area contributed by atoms with Crippen LogP contribution in [0.4, 0.5) is 4.39 Å². The van der Waals surface area contributed by atoms with Crippen LogP contribution in [0.1, 0.15) is 15.9 Å². The molecule has 1 heterocycles. The number of nitriles is 1. The summed E-state index contributed by atoms with van der Waals surface area (Å²) in [5.74, 6) is -0.827. The van der Waals surface area contributed by atoms with Crippen molar-refractivity contribution in [2.75, 3.05) is 0 Å². The minimum atomic E-state index is -0.424. The number of aromatic nitrogens is 1. The normalized spacial score (nSPS) is 10.8. The lowest BCUT2D eigenvalue weighted by Crippen LogP contribution is -2.17. The molecular weight excluding hydrogens is 307 g/mol. The summed E-state index contributed by atoms with van der Waals surface area (Å²) in [6.45, 7) is 0.232. The van der Waals surface area contributed by atoms with Gasteiger partial charge in [-0.15, -0.1) is 0 Å². The SMILES string of the molecule is N#CCn1cc(C=NNC(=O)c2ccc(F)cc2)c2ccccc21. The summed E-state index contributed by atoms with van der Waals surface area (Å²) in [6.07, 6.45) is 3.33. The second kappa shape index (κ2) is 6.75.